The Hall–Kier alpha value is -1.24. The minimum atomic E-state index is 0.856. The van der Waals surface area contributed by atoms with Gasteiger partial charge in [-0.25, -0.2) is 0 Å². The molecule has 1 heteroatoms. The largest absolute Gasteiger partial charge is 0.344 e. The van der Waals surface area contributed by atoms with E-state index in [9.17, 15) is 0 Å². The van der Waals surface area contributed by atoms with Crippen molar-refractivity contribution in [3.05, 3.63) is 43.3 Å². The first-order valence-electron chi connectivity index (χ1n) is 3.27. The van der Waals surface area contributed by atoms with Gasteiger partial charge in [-0.3, -0.25) is 0 Å². The van der Waals surface area contributed by atoms with Crippen LogP contribution in [0.2, 0.25) is 0 Å². The smallest absolute Gasteiger partial charge is 0.0403 e. The highest BCUT2D eigenvalue weighted by atomic mass is 14.9. The molecule has 1 aromatic rings. The lowest BCUT2D eigenvalue weighted by Crippen LogP contribution is -1.93. The predicted molar refractivity (Wildman–Crippen MR) is 44.7 cm³/mol. The van der Waals surface area contributed by atoms with Crippen LogP contribution in [0.25, 0.3) is 6.08 Å². The maximum Gasteiger partial charge on any atom is 0.0403 e. The topological polar surface area (TPSA) is 4.93 Å². The molecule has 1 rings (SSSR count). The number of rotatable bonds is 3. The van der Waals surface area contributed by atoms with E-state index >= 15 is 0 Å². The number of hydrogen-bond donors (Lipinski definition) is 0. The van der Waals surface area contributed by atoms with Gasteiger partial charge in [0.2, 0.25) is 0 Å². The normalized spacial score (nSPS) is 9.20. The Morgan fingerprint density at radius 1 is 1.50 bits per heavy atom. The Labute approximate surface area is 61.3 Å². The first-order valence-corrected chi connectivity index (χ1v) is 3.27. The summed E-state index contributed by atoms with van der Waals surface area (Å²) in [6.07, 6.45) is 5.72. The quantitative estimate of drug-likeness (QED) is 0.557. The van der Waals surface area contributed by atoms with Crippen LogP contribution < -0.4 is 0 Å². The second-order valence-electron chi connectivity index (χ2n) is 2.08. The Morgan fingerprint density at radius 2 is 2.30 bits per heavy atom. The second-order valence-corrected chi connectivity index (χ2v) is 2.08. The van der Waals surface area contributed by atoms with Crippen LogP contribution >= 0.6 is 0 Å². The lowest BCUT2D eigenvalue weighted by molar-refractivity contribution is 0.822. The predicted octanol–water partition coefficient (Wildman–Crippen LogP) is 2.32. The van der Waals surface area contributed by atoms with E-state index in [1.165, 1.54) is 0 Å². The SMILES string of the molecule is C=CCn1cccc1C=C. The van der Waals surface area contributed by atoms with Crippen molar-refractivity contribution in [2.75, 3.05) is 0 Å². The van der Waals surface area contributed by atoms with Crippen LogP contribution in [0.15, 0.2) is 37.6 Å². The lowest BCUT2D eigenvalue weighted by Gasteiger charge is -1.99. The van der Waals surface area contributed by atoms with Crippen molar-refractivity contribution < 1.29 is 0 Å². The molecule has 10 heavy (non-hydrogen) atoms. The number of allylic oxidation sites excluding steroid dienone is 1. The minimum Gasteiger partial charge on any atom is -0.344 e. The molecule has 1 aromatic heterocycles. The molecule has 0 amide bonds. The first-order chi connectivity index (χ1) is 4.88. The second kappa shape index (κ2) is 3.06. The standard InChI is InChI=1S/C9H11N/c1-3-7-10-8-5-6-9(10)4-2/h3-6,8H,1-2,7H2. The summed E-state index contributed by atoms with van der Waals surface area (Å²) in [6.45, 7) is 8.20. The van der Waals surface area contributed by atoms with Crippen LogP contribution in [-0.4, -0.2) is 4.57 Å². The maximum atomic E-state index is 3.69. The fraction of sp³-hybridized carbons (Fsp3) is 0.111. The average molecular weight is 133 g/mol. The molecule has 0 saturated heterocycles. The summed E-state index contributed by atoms with van der Waals surface area (Å²) < 4.78 is 2.08. The van der Waals surface area contributed by atoms with Gasteiger partial charge in [0.05, 0.1) is 0 Å². The molecule has 0 unspecified atom stereocenters. The molecule has 0 saturated carbocycles. The van der Waals surface area contributed by atoms with E-state index in [2.05, 4.69) is 17.7 Å². The minimum absolute atomic E-state index is 0.856. The fourth-order valence-corrected chi connectivity index (χ4v) is 0.918. The van der Waals surface area contributed by atoms with Crippen molar-refractivity contribution in [1.29, 1.82) is 0 Å². The monoisotopic (exact) mass is 133 g/mol. The lowest BCUT2D eigenvalue weighted by atomic mass is 10.4. The van der Waals surface area contributed by atoms with E-state index in [-0.39, 0.29) is 0 Å². The Balaban J connectivity index is 2.89. The van der Waals surface area contributed by atoms with Gasteiger partial charge >= 0.3 is 0 Å². The van der Waals surface area contributed by atoms with Gasteiger partial charge in [-0.15, -0.1) is 6.58 Å². The highest BCUT2D eigenvalue weighted by Gasteiger charge is 1.90. The summed E-state index contributed by atoms with van der Waals surface area (Å²) in [5.41, 5.74) is 1.14. The van der Waals surface area contributed by atoms with Crippen molar-refractivity contribution >= 4 is 6.08 Å². The van der Waals surface area contributed by atoms with E-state index in [0.29, 0.717) is 0 Å². The van der Waals surface area contributed by atoms with E-state index < -0.39 is 0 Å². The molecule has 0 spiro atoms. The molecule has 0 aliphatic heterocycles. The Bertz CT molecular complexity index is 233. The molecule has 0 aliphatic carbocycles. The highest BCUT2D eigenvalue weighted by Crippen LogP contribution is 2.02. The molecule has 0 atom stereocenters. The third kappa shape index (κ3) is 1.18. The van der Waals surface area contributed by atoms with Crippen LogP contribution in [0.5, 0.6) is 0 Å². The molecular formula is C9H11N. The summed E-state index contributed by atoms with van der Waals surface area (Å²) in [6, 6.07) is 4.02. The molecular weight excluding hydrogens is 122 g/mol. The van der Waals surface area contributed by atoms with Gasteiger partial charge in [0.15, 0.2) is 0 Å². The zero-order valence-corrected chi connectivity index (χ0v) is 5.96. The van der Waals surface area contributed by atoms with Crippen molar-refractivity contribution in [3.8, 4) is 0 Å². The van der Waals surface area contributed by atoms with Gasteiger partial charge in [-0.1, -0.05) is 12.7 Å². The van der Waals surface area contributed by atoms with E-state index in [1.807, 2.05) is 30.5 Å². The van der Waals surface area contributed by atoms with Crippen molar-refractivity contribution in [1.82, 2.24) is 4.57 Å². The average Bonchev–Trinajstić information content (AvgIpc) is 2.36. The van der Waals surface area contributed by atoms with Gasteiger partial charge in [0.1, 0.15) is 0 Å². The molecule has 1 nitrogen and oxygen atoms in total. The van der Waals surface area contributed by atoms with Crippen LogP contribution in [0.3, 0.4) is 0 Å². The van der Waals surface area contributed by atoms with Crippen molar-refractivity contribution in [2.45, 2.75) is 6.54 Å². The van der Waals surface area contributed by atoms with Gasteiger partial charge in [-0.05, 0) is 18.2 Å². The first kappa shape index (κ1) is 6.87. The summed E-state index contributed by atoms with van der Waals surface area (Å²) in [5.74, 6) is 0. The molecule has 1 heterocycles. The van der Waals surface area contributed by atoms with Crippen LogP contribution in [0.1, 0.15) is 5.69 Å². The molecule has 0 N–H and O–H groups in total. The van der Waals surface area contributed by atoms with Gasteiger partial charge in [0.25, 0.3) is 0 Å². The van der Waals surface area contributed by atoms with Crippen molar-refractivity contribution in [3.63, 3.8) is 0 Å². The van der Waals surface area contributed by atoms with E-state index in [4.69, 9.17) is 0 Å². The van der Waals surface area contributed by atoms with Crippen molar-refractivity contribution in [2.24, 2.45) is 0 Å². The maximum absolute atomic E-state index is 3.69. The van der Waals surface area contributed by atoms with E-state index in [1.54, 1.807) is 0 Å². The molecule has 0 radical (unpaired) electrons. The summed E-state index contributed by atoms with van der Waals surface area (Å²) >= 11 is 0. The Kier molecular flexibility index (Phi) is 2.11. The fourth-order valence-electron chi connectivity index (χ4n) is 0.918. The van der Waals surface area contributed by atoms with Gasteiger partial charge in [-0.2, -0.15) is 0 Å². The highest BCUT2D eigenvalue weighted by molar-refractivity contribution is 5.42. The van der Waals surface area contributed by atoms with Gasteiger partial charge < -0.3 is 4.57 Å². The number of nitrogens with zero attached hydrogens (tertiary/aromatic N) is 1. The third-order valence-electron chi connectivity index (χ3n) is 1.40. The zero-order chi connectivity index (χ0) is 7.40. The van der Waals surface area contributed by atoms with Crippen LogP contribution in [0.4, 0.5) is 0 Å². The summed E-state index contributed by atoms with van der Waals surface area (Å²) in [4.78, 5) is 0. The summed E-state index contributed by atoms with van der Waals surface area (Å²) in [7, 11) is 0. The molecule has 0 bridgehead atoms. The Morgan fingerprint density at radius 3 is 2.90 bits per heavy atom. The molecule has 52 valence electrons. The number of hydrogen-bond acceptors (Lipinski definition) is 0. The molecule has 0 fully saturated rings. The van der Waals surface area contributed by atoms with E-state index in [0.717, 1.165) is 12.2 Å². The zero-order valence-electron chi connectivity index (χ0n) is 5.96. The number of aromatic nitrogens is 1. The van der Waals surface area contributed by atoms with Gasteiger partial charge in [0, 0.05) is 18.4 Å². The molecule has 0 aromatic carbocycles. The summed E-state index contributed by atoms with van der Waals surface area (Å²) in [5, 5.41) is 0. The molecule has 0 aliphatic rings. The van der Waals surface area contributed by atoms with Crippen LogP contribution in [0, 0.1) is 0 Å². The van der Waals surface area contributed by atoms with Crippen LogP contribution in [-0.2, 0) is 6.54 Å². The third-order valence-corrected chi connectivity index (χ3v) is 1.40.